The van der Waals surface area contributed by atoms with E-state index in [0.717, 1.165) is 6.26 Å². The molecule has 19 heavy (non-hydrogen) atoms. The molecule has 1 saturated heterocycles. The third-order valence-corrected chi connectivity index (χ3v) is 4.48. The van der Waals surface area contributed by atoms with Gasteiger partial charge < -0.3 is 15.5 Å². The van der Waals surface area contributed by atoms with E-state index in [0.29, 0.717) is 19.4 Å². The summed E-state index contributed by atoms with van der Waals surface area (Å²) in [6.07, 6.45) is 2.39. The van der Waals surface area contributed by atoms with Gasteiger partial charge in [0.15, 0.2) is 0 Å². The topological polar surface area (TPSA) is 107 Å². The fraction of sp³-hybridized carbons (Fsp3) is 0.909. The van der Waals surface area contributed by atoms with Crippen LogP contribution in [0.2, 0.25) is 0 Å². The average molecular weight is 294 g/mol. The number of amides is 1. The van der Waals surface area contributed by atoms with Gasteiger partial charge in [0, 0.05) is 19.6 Å². The molecule has 112 valence electrons. The van der Waals surface area contributed by atoms with Gasteiger partial charge in [-0.25, -0.2) is 12.7 Å². The second-order valence-corrected chi connectivity index (χ2v) is 7.32. The molecule has 1 fully saturated rings. The van der Waals surface area contributed by atoms with Crippen molar-refractivity contribution in [1.29, 1.82) is 0 Å². The molecule has 1 amide bonds. The molecule has 0 spiro atoms. The molecule has 0 bridgehead atoms. The maximum absolute atomic E-state index is 11.9. The first-order valence-electron chi connectivity index (χ1n) is 6.22. The lowest BCUT2D eigenvalue weighted by Crippen LogP contribution is -2.49. The fourth-order valence-corrected chi connectivity index (χ4v) is 2.85. The van der Waals surface area contributed by atoms with Gasteiger partial charge in [-0.3, -0.25) is 4.79 Å². The van der Waals surface area contributed by atoms with Gasteiger partial charge in [0.2, 0.25) is 15.9 Å². The van der Waals surface area contributed by atoms with Crippen molar-refractivity contribution in [2.75, 3.05) is 32.5 Å². The molecule has 0 aromatic carbocycles. The predicted octanol–water partition coefficient (Wildman–Crippen LogP) is -1.48. The van der Waals surface area contributed by atoms with Crippen molar-refractivity contribution >= 4 is 15.9 Å². The zero-order valence-corrected chi connectivity index (χ0v) is 12.1. The van der Waals surface area contributed by atoms with Gasteiger partial charge >= 0.3 is 0 Å². The van der Waals surface area contributed by atoms with Crippen LogP contribution < -0.4 is 5.32 Å². The highest BCUT2D eigenvalue weighted by atomic mass is 32.2. The molecule has 2 unspecified atom stereocenters. The van der Waals surface area contributed by atoms with Crippen LogP contribution in [0, 0.1) is 5.92 Å². The van der Waals surface area contributed by atoms with E-state index in [-0.39, 0.29) is 19.0 Å². The Hall–Kier alpha value is -0.700. The first-order chi connectivity index (χ1) is 8.65. The molecule has 1 rings (SSSR count). The van der Waals surface area contributed by atoms with E-state index in [4.69, 9.17) is 5.11 Å². The Morgan fingerprint density at radius 1 is 1.53 bits per heavy atom. The second kappa shape index (κ2) is 6.17. The number of aliphatic hydroxyl groups excluding tert-OH is 1. The van der Waals surface area contributed by atoms with Gasteiger partial charge in [-0.15, -0.1) is 0 Å². The molecule has 0 aromatic rings. The minimum atomic E-state index is -3.28. The number of nitrogens with zero attached hydrogens (tertiary/aromatic N) is 1. The van der Waals surface area contributed by atoms with Crippen molar-refractivity contribution in [3.05, 3.63) is 0 Å². The van der Waals surface area contributed by atoms with Crippen LogP contribution in [0.1, 0.15) is 19.8 Å². The molecule has 8 heteroatoms. The lowest BCUT2D eigenvalue weighted by molar-refractivity contribution is -0.127. The number of aliphatic hydroxyl groups is 2. The number of hydrogen-bond acceptors (Lipinski definition) is 5. The summed E-state index contributed by atoms with van der Waals surface area (Å²) in [6.45, 7) is 1.52. The van der Waals surface area contributed by atoms with Crippen LogP contribution in [0.5, 0.6) is 0 Å². The number of nitrogens with one attached hydrogen (secondary N) is 1. The standard InChI is InChI=1S/C11H22N2O5S/c1-11(16,8-14)7-12-10(15)9-4-3-5-13(6-9)19(2,17)18/h9,14,16H,3-8H2,1-2H3,(H,12,15). The van der Waals surface area contributed by atoms with Crippen molar-refractivity contribution in [3.8, 4) is 0 Å². The smallest absolute Gasteiger partial charge is 0.224 e. The number of carbonyl (C=O) groups excluding carboxylic acids is 1. The highest BCUT2D eigenvalue weighted by molar-refractivity contribution is 7.88. The Bertz CT molecular complexity index is 421. The molecule has 0 saturated carbocycles. The minimum Gasteiger partial charge on any atom is -0.393 e. The third kappa shape index (κ3) is 5.06. The van der Waals surface area contributed by atoms with Crippen molar-refractivity contribution in [2.45, 2.75) is 25.4 Å². The molecule has 3 N–H and O–H groups in total. The maximum Gasteiger partial charge on any atom is 0.224 e. The summed E-state index contributed by atoms with van der Waals surface area (Å²) in [7, 11) is -3.28. The summed E-state index contributed by atoms with van der Waals surface area (Å²) in [6, 6.07) is 0. The van der Waals surface area contributed by atoms with Crippen LogP contribution in [0.15, 0.2) is 0 Å². The number of piperidine rings is 1. The first-order valence-corrected chi connectivity index (χ1v) is 8.06. The van der Waals surface area contributed by atoms with E-state index in [2.05, 4.69) is 5.32 Å². The van der Waals surface area contributed by atoms with Gasteiger partial charge in [-0.05, 0) is 19.8 Å². The summed E-state index contributed by atoms with van der Waals surface area (Å²) in [5.74, 6) is -0.694. The van der Waals surface area contributed by atoms with E-state index < -0.39 is 28.1 Å². The molecule has 0 radical (unpaired) electrons. The van der Waals surface area contributed by atoms with Crippen molar-refractivity contribution < 1.29 is 23.4 Å². The molecule has 1 aliphatic rings. The molecular weight excluding hydrogens is 272 g/mol. The monoisotopic (exact) mass is 294 g/mol. The van der Waals surface area contributed by atoms with E-state index >= 15 is 0 Å². The van der Waals surface area contributed by atoms with E-state index in [1.165, 1.54) is 11.2 Å². The van der Waals surface area contributed by atoms with E-state index in [9.17, 15) is 18.3 Å². The van der Waals surface area contributed by atoms with Crippen molar-refractivity contribution in [2.24, 2.45) is 5.92 Å². The normalized spacial score (nSPS) is 24.7. The van der Waals surface area contributed by atoms with E-state index in [1.54, 1.807) is 0 Å². The Labute approximate surface area is 113 Å². The van der Waals surface area contributed by atoms with Crippen molar-refractivity contribution in [3.63, 3.8) is 0 Å². The molecular formula is C11H22N2O5S. The number of sulfonamides is 1. The Kier molecular flexibility index (Phi) is 5.31. The highest BCUT2D eigenvalue weighted by Gasteiger charge is 2.31. The van der Waals surface area contributed by atoms with Gasteiger partial charge in [0.1, 0.15) is 5.60 Å². The molecule has 0 aliphatic carbocycles. The van der Waals surface area contributed by atoms with Crippen LogP contribution in [-0.4, -0.2) is 66.9 Å². The molecule has 0 aromatic heterocycles. The second-order valence-electron chi connectivity index (χ2n) is 5.33. The number of hydrogen-bond donors (Lipinski definition) is 3. The summed E-state index contributed by atoms with van der Waals surface area (Å²) < 4.78 is 24.2. The molecule has 1 heterocycles. The van der Waals surface area contributed by atoms with Crippen LogP contribution in [0.25, 0.3) is 0 Å². The minimum absolute atomic E-state index is 0.0578. The fourth-order valence-electron chi connectivity index (χ4n) is 1.94. The highest BCUT2D eigenvalue weighted by Crippen LogP contribution is 2.18. The zero-order chi connectivity index (χ0) is 14.7. The largest absolute Gasteiger partial charge is 0.393 e. The maximum atomic E-state index is 11.9. The SMILES string of the molecule is CC(O)(CO)CNC(=O)C1CCCN(S(C)(=O)=O)C1. The summed E-state index contributed by atoms with van der Waals surface area (Å²) in [5.41, 5.74) is -1.36. The van der Waals surface area contributed by atoms with E-state index in [1.807, 2.05) is 0 Å². The van der Waals surface area contributed by atoms with Crippen LogP contribution in [0.4, 0.5) is 0 Å². The van der Waals surface area contributed by atoms with Crippen LogP contribution in [0.3, 0.4) is 0 Å². The van der Waals surface area contributed by atoms with Gasteiger partial charge in [-0.1, -0.05) is 0 Å². The predicted molar refractivity (Wildman–Crippen MR) is 69.9 cm³/mol. The lowest BCUT2D eigenvalue weighted by Gasteiger charge is -2.31. The van der Waals surface area contributed by atoms with Gasteiger partial charge in [0.05, 0.1) is 18.8 Å². The molecule has 1 aliphatic heterocycles. The summed E-state index contributed by atoms with van der Waals surface area (Å²) >= 11 is 0. The summed E-state index contributed by atoms with van der Waals surface area (Å²) in [4.78, 5) is 11.9. The quantitative estimate of drug-likeness (QED) is 0.573. The van der Waals surface area contributed by atoms with Gasteiger partial charge in [-0.2, -0.15) is 0 Å². The van der Waals surface area contributed by atoms with Crippen molar-refractivity contribution in [1.82, 2.24) is 9.62 Å². The zero-order valence-electron chi connectivity index (χ0n) is 11.3. The average Bonchev–Trinajstić information content (AvgIpc) is 2.35. The Morgan fingerprint density at radius 2 is 2.16 bits per heavy atom. The molecule has 2 atom stereocenters. The lowest BCUT2D eigenvalue weighted by atomic mass is 9.98. The molecule has 7 nitrogen and oxygen atoms in total. The van der Waals surface area contributed by atoms with Crippen LogP contribution >= 0.6 is 0 Å². The number of rotatable bonds is 5. The Morgan fingerprint density at radius 3 is 2.68 bits per heavy atom. The summed E-state index contributed by atoms with van der Waals surface area (Å²) in [5, 5.41) is 21.0. The number of carbonyl (C=O) groups is 1. The van der Waals surface area contributed by atoms with Crippen LogP contribution in [-0.2, 0) is 14.8 Å². The Balaban J connectivity index is 2.54. The van der Waals surface area contributed by atoms with Gasteiger partial charge in [0.25, 0.3) is 0 Å². The third-order valence-electron chi connectivity index (χ3n) is 3.21. The first kappa shape index (κ1) is 16.4.